The molecule has 0 fully saturated rings. The van der Waals surface area contributed by atoms with Crippen LogP contribution < -0.4 is 4.74 Å². The molecule has 0 aliphatic carbocycles. The lowest BCUT2D eigenvalue weighted by atomic mass is 10.1. The summed E-state index contributed by atoms with van der Waals surface area (Å²) in [5, 5.41) is 13.4. The Hall–Kier alpha value is -2.14. The topological polar surface area (TPSA) is 38.7 Å². The smallest absolute Gasteiger partial charge is 0.191 e. The molecule has 0 saturated carbocycles. The minimum atomic E-state index is -1.95. The van der Waals surface area contributed by atoms with E-state index in [9.17, 15) is 5.11 Å². The summed E-state index contributed by atoms with van der Waals surface area (Å²) >= 11 is 0. The van der Waals surface area contributed by atoms with E-state index < -0.39 is 14.1 Å². The highest BCUT2D eigenvalue weighted by Crippen LogP contribution is 2.31. The van der Waals surface area contributed by atoms with Crippen molar-refractivity contribution in [3.8, 4) is 5.75 Å². The van der Waals surface area contributed by atoms with Gasteiger partial charge >= 0.3 is 0 Å². The Kier molecular flexibility index (Phi) is 6.78. The summed E-state index contributed by atoms with van der Waals surface area (Å²) in [4.78, 5) is 0. The molecule has 29 heavy (non-hydrogen) atoms. The Morgan fingerprint density at radius 1 is 0.931 bits per heavy atom. The third-order valence-corrected chi connectivity index (χ3v) is 7.70. The van der Waals surface area contributed by atoms with Crippen LogP contribution in [0.2, 0.25) is 19.1 Å². The first-order valence-corrected chi connectivity index (χ1v) is 13.5. The van der Waals surface area contributed by atoms with Gasteiger partial charge in [-0.1, -0.05) is 68.3 Å². The summed E-state index contributed by atoms with van der Waals surface area (Å²) in [6, 6.07) is 23.3. The van der Waals surface area contributed by atoms with Crippen LogP contribution in [0.15, 0.2) is 66.7 Å². The van der Waals surface area contributed by atoms with Crippen LogP contribution in [0.3, 0.4) is 0 Å². The molecule has 154 valence electrons. The largest absolute Gasteiger partial charge is 0.489 e. The molecule has 0 bridgehead atoms. The van der Waals surface area contributed by atoms with Gasteiger partial charge in [-0.15, -0.1) is 0 Å². The Labute approximate surface area is 175 Å². The second-order valence-corrected chi connectivity index (χ2v) is 12.7. The maximum Gasteiger partial charge on any atom is 0.191 e. The van der Waals surface area contributed by atoms with E-state index in [1.165, 1.54) is 10.8 Å². The van der Waals surface area contributed by atoms with Crippen molar-refractivity contribution < 1.29 is 14.3 Å². The standard InChI is InChI=1S/C25H32O3Si/c1-5-6-16-29(3,4)28-25(2,26)23-12-9-13-24(18-23)27-19-20-14-15-21-10-7-8-11-22(21)17-20/h7-15,17-18,26H,5-6,16,19H2,1-4H3. The minimum Gasteiger partial charge on any atom is -0.489 e. The molecule has 0 saturated heterocycles. The third kappa shape index (κ3) is 5.92. The van der Waals surface area contributed by atoms with Crippen molar-refractivity contribution in [2.45, 2.75) is 58.2 Å². The molecule has 0 amide bonds. The van der Waals surface area contributed by atoms with Gasteiger partial charge in [0.25, 0.3) is 0 Å². The number of benzene rings is 3. The van der Waals surface area contributed by atoms with Gasteiger partial charge in [0.15, 0.2) is 14.1 Å². The van der Waals surface area contributed by atoms with Crippen LogP contribution in [0.4, 0.5) is 0 Å². The molecular weight excluding hydrogens is 376 g/mol. The average molecular weight is 409 g/mol. The molecule has 0 aliphatic rings. The predicted molar refractivity (Wildman–Crippen MR) is 123 cm³/mol. The summed E-state index contributed by atoms with van der Waals surface area (Å²) in [7, 11) is -1.95. The molecule has 3 nitrogen and oxygen atoms in total. The third-order valence-electron chi connectivity index (χ3n) is 5.20. The van der Waals surface area contributed by atoms with Gasteiger partial charge in [-0.3, -0.25) is 0 Å². The molecule has 3 aromatic carbocycles. The first-order valence-electron chi connectivity index (χ1n) is 10.4. The van der Waals surface area contributed by atoms with Crippen LogP contribution in [-0.2, 0) is 16.8 Å². The van der Waals surface area contributed by atoms with Crippen LogP contribution in [0.25, 0.3) is 10.8 Å². The van der Waals surface area contributed by atoms with Crippen LogP contribution in [0.1, 0.15) is 37.8 Å². The van der Waals surface area contributed by atoms with Crippen LogP contribution in [0, 0.1) is 0 Å². The molecule has 3 aromatic rings. The summed E-state index contributed by atoms with van der Waals surface area (Å²) in [6.45, 7) is 8.72. The fourth-order valence-corrected chi connectivity index (χ4v) is 6.12. The number of hydrogen-bond donors (Lipinski definition) is 1. The number of unbranched alkanes of at least 4 members (excludes halogenated alkanes) is 1. The normalized spacial score (nSPS) is 14.0. The second kappa shape index (κ2) is 9.12. The van der Waals surface area contributed by atoms with E-state index in [4.69, 9.17) is 9.16 Å². The molecule has 0 aliphatic heterocycles. The SMILES string of the molecule is CCCC[Si](C)(C)OC(C)(O)c1cccc(OCc2ccc3ccccc3c2)c1. The highest BCUT2D eigenvalue weighted by atomic mass is 28.4. The van der Waals surface area contributed by atoms with Crippen molar-refractivity contribution >= 4 is 19.1 Å². The van der Waals surface area contributed by atoms with Crippen molar-refractivity contribution in [2.75, 3.05) is 0 Å². The quantitative estimate of drug-likeness (QED) is 0.320. The van der Waals surface area contributed by atoms with Crippen molar-refractivity contribution in [2.24, 2.45) is 0 Å². The van der Waals surface area contributed by atoms with Gasteiger partial charge in [0, 0.05) is 5.56 Å². The number of ether oxygens (including phenoxy) is 1. The van der Waals surface area contributed by atoms with Crippen LogP contribution in [0.5, 0.6) is 5.75 Å². The molecule has 0 spiro atoms. The van der Waals surface area contributed by atoms with Gasteiger partial charge < -0.3 is 14.3 Å². The van der Waals surface area contributed by atoms with Crippen molar-refractivity contribution in [1.29, 1.82) is 0 Å². The molecule has 1 unspecified atom stereocenters. The average Bonchev–Trinajstić information content (AvgIpc) is 2.70. The first-order chi connectivity index (χ1) is 13.8. The van der Waals surface area contributed by atoms with E-state index in [1.54, 1.807) is 6.92 Å². The second-order valence-electron chi connectivity index (χ2n) is 8.45. The molecule has 0 radical (unpaired) electrons. The minimum absolute atomic E-state index is 0.480. The van der Waals surface area contributed by atoms with Gasteiger partial charge in [-0.25, -0.2) is 0 Å². The lowest BCUT2D eigenvalue weighted by molar-refractivity contribution is -0.137. The van der Waals surface area contributed by atoms with Gasteiger partial charge in [0.2, 0.25) is 0 Å². The number of aliphatic hydroxyl groups is 1. The van der Waals surface area contributed by atoms with Gasteiger partial charge in [-0.05, 0) is 60.6 Å². The van der Waals surface area contributed by atoms with E-state index in [0.29, 0.717) is 6.61 Å². The van der Waals surface area contributed by atoms with E-state index in [2.05, 4.69) is 50.3 Å². The van der Waals surface area contributed by atoms with Gasteiger partial charge in [0.1, 0.15) is 12.4 Å². The van der Waals surface area contributed by atoms with E-state index in [1.807, 2.05) is 36.4 Å². The molecule has 1 atom stereocenters. The number of rotatable bonds is 9. The zero-order valence-corrected chi connectivity index (χ0v) is 18.9. The Morgan fingerprint density at radius 3 is 2.45 bits per heavy atom. The zero-order chi connectivity index (χ0) is 20.9. The summed E-state index contributed by atoms with van der Waals surface area (Å²) in [6.07, 6.45) is 2.27. The molecule has 0 aromatic heterocycles. The van der Waals surface area contributed by atoms with Crippen molar-refractivity contribution in [3.05, 3.63) is 77.9 Å². The van der Waals surface area contributed by atoms with Crippen molar-refractivity contribution in [1.82, 2.24) is 0 Å². The maximum atomic E-state index is 11.0. The number of fused-ring (bicyclic) bond motifs is 1. The highest BCUT2D eigenvalue weighted by molar-refractivity contribution is 6.71. The van der Waals surface area contributed by atoms with Gasteiger partial charge in [-0.2, -0.15) is 0 Å². The van der Waals surface area contributed by atoms with Gasteiger partial charge in [0.05, 0.1) is 0 Å². The predicted octanol–water partition coefficient (Wildman–Crippen LogP) is 6.61. The van der Waals surface area contributed by atoms with Crippen LogP contribution in [-0.4, -0.2) is 13.4 Å². The monoisotopic (exact) mass is 408 g/mol. The van der Waals surface area contributed by atoms with E-state index in [-0.39, 0.29) is 0 Å². The molecule has 3 rings (SSSR count). The maximum absolute atomic E-state index is 11.0. The Balaban J connectivity index is 1.69. The fourth-order valence-electron chi connectivity index (χ4n) is 3.62. The summed E-state index contributed by atoms with van der Waals surface area (Å²) in [5.41, 5.74) is 1.84. The van der Waals surface area contributed by atoms with Crippen molar-refractivity contribution in [3.63, 3.8) is 0 Å². The molecule has 1 N–H and O–H groups in total. The number of hydrogen-bond acceptors (Lipinski definition) is 3. The van der Waals surface area contributed by atoms with E-state index in [0.717, 1.165) is 35.8 Å². The van der Waals surface area contributed by atoms with E-state index >= 15 is 0 Å². The Morgan fingerprint density at radius 2 is 1.69 bits per heavy atom. The molecule has 4 heteroatoms. The summed E-state index contributed by atoms with van der Waals surface area (Å²) in [5.74, 6) is -0.584. The molecule has 0 heterocycles. The first kappa shape index (κ1) is 21.6. The molecular formula is C25H32O3Si. The lowest BCUT2D eigenvalue weighted by Gasteiger charge is -2.34. The lowest BCUT2D eigenvalue weighted by Crippen LogP contribution is -2.40. The zero-order valence-electron chi connectivity index (χ0n) is 17.9. The Bertz CT molecular complexity index is 949. The van der Waals surface area contributed by atoms with Crippen LogP contribution >= 0.6 is 0 Å². The fraction of sp³-hybridized carbons (Fsp3) is 0.360. The highest BCUT2D eigenvalue weighted by Gasteiger charge is 2.34. The summed E-state index contributed by atoms with van der Waals surface area (Å²) < 4.78 is 12.2.